The molecule has 6 heteroatoms. The van der Waals surface area contributed by atoms with Gasteiger partial charge in [-0.05, 0) is 48.2 Å². The van der Waals surface area contributed by atoms with E-state index >= 15 is 0 Å². The maximum absolute atomic E-state index is 11.3. The van der Waals surface area contributed by atoms with Crippen molar-refractivity contribution in [1.82, 2.24) is 4.98 Å². The topological polar surface area (TPSA) is 51.7 Å². The summed E-state index contributed by atoms with van der Waals surface area (Å²) < 4.78 is 10.7. The summed E-state index contributed by atoms with van der Waals surface area (Å²) in [5.74, 6) is 0.614. The highest BCUT2D eigenvalue weighted by Gasteiger charge is 2.12. The van der Waals surface area contributed by atoms with Gasteiger partial charge in [-0.1, -0.05) is 61.5 Å². The molecule has 4 rings (SSSR count). The van der Waals surface area contributed by atoms with Gasteiger partial charge in [-0.2, -0.15) is 0 Å². The Balaban J connectivity index is 1.38. The van der Waals surface area contributed by atoms with Crippen LogP contribution in [0.1, 0.15) is 35.9 Å². The molecule has 0 saturated carbocycles. The van der Waals surface area contributed by atoms with E-state index in [1.54, 1.807) is 11.3 Å². The zero-order valence-corrected chi connectivity index (χ0v) is 21.7. The number of hydrogen-bond acceptors (Lipinski definition) is 6. The van der Waals surface area contributed by atoms with Crippen molar-refractivity contribution in [1.29, 1.82) is 0 Å². The van der Waals surface area contributed by atoms with Gasteiger partial charge >= 0.3 is 5.97 Å². The van der Waals surface area contributed by atoms with Gasteiger partial charge in [-0.25, -0.2) is 4.98 Å². The predicted molar refractivity (Wildman–Crippen MR) is 146 cm³/mol. The lowest BCUT2D eigenvalue weighted by molar-refractivity contribution is -0.140. The van der Waals surface area contributed by atoms with E-state index in [-0.39, 0.29) is 5.97 Å². The molecule has 0 atom stereocenters. The molecule has 0 saturated heterocycles. The number of thiazole rings is 1. The number of hydrogen-bond donors (Lipinski definition) is 0. The van der Waals surface area contributed by atoms with Crippen LogP contribution < -0.4 is 9.64 Å². The third kappa shape index (κ3) is 7.18. The van der Waals surface area contributed by atoms with Crippen LogP contribution in [0.2, 0.25) is 0 Å². The molecule has 0 amide bonds. The molecule has 0 radical (unpaired) electrons. The van der Waals surface area contributed by atoms with Gasteiger partial charge in [-0.3, -0.25) is 4.79 Å². The fraction of sp³-hybridized carbons (Fsp3) is 0.267. The largest absolute Gasteiger partial charge is 0.489 e. The molecule has 0 aliphatic carbocycles. The summed E-state index contributed by atoms with van der Waals surface area (Å²) in [6.45, 7) is 4.43. The average Bonchev–Trinajstić information content (AvgIpc) is 3.40. The van der Waals surface area contributed by atoms with E-state index in [9.17, 15) is 4.79 Å². The Morgan fingerprint density at radius 2 is 1.78 bits per heavy atom. The fourth-order valence-electron chi connectivity index (χ4n) is 3.97. The van der Waals surface area contributed by atoms with Crippen molar-refractivity contribution in [2.45, 2.75) is 39.3 Å². The van der Waals surface area contributed by atoms with E-state index in [1.165, 1.54) is 12.8 Å². The summed E-state index contributed by atoms with van der Waals surface area (Å²) in [4.78, 5) is 18.6. The number of carbonyl (C=O) groups excluding carboxylic acids is 1. The van der Waals surface area contributed by atoms with Crippen LogP contribution in [0.3, 0.4) is 0 Å². The van der Waals surface area contributed by atoms with Gasteiger partial charge < -0.3 is 14.4 Å². The Kier molecular flexibility index (Phi) is 9.11. The molecular formula is C30H32N2O3S. The van der Waals surface area contributed by atoms with Crippen LogP contribution in [0.5, 0.6) is 5.75 Å². The van der Waals surface area contributed by atoms with Crippen LogP contribution in [0, 0.1) is 0 Å². The molecular weight excluding hydrogens is 468 g/mol. The highest BCUT2D eigenvalue weighted by atomic mass is 32.1. The maximum Gasteiger partial charge on any atom is 0.305 e. The molecule has 186 valence electrons. The van der Waals surface area contributed by atoms with E-state index < -0.39 is 0 Å². The van der Waals surface area contributed by atoms with E-state index in [4.69, 9.17) is 14.5 Å². The molecule has 0 unspecified atom stereocenters. The maximum atomic E-state index is 11.3. The number of anilines is 1. The Hall–Kier alpha value is -3.64. The second kappa shape index (κ2) is 12.9. The summed E-state index contributed by atoms with van der Waals surface area (Å²) in [7, 11) is 1.41. The monoisotopic (exact) mass is 500 g/mol. The van der Waals surface area contributed by atoms with Crippen LogP contribution in [-0.2, 0) is 29.1 Å². The Labute approximate surface area is 217 Å². The molecule has 4 aromatic rings. The Morgan fingerprint density at radius 1 is 0.972 bits per heavy atom. The molecule has 0 aliphatic heterocycles. The summed E-state index contributed by atoms with van der Waals surface area (Å²) in [6, 6.07) is 26.7. The Morgan fingerprint density at radius 3 is 2.53 bits per heavy atom. The second-order valence-corrected chi connectivity index (χ2v) is 9.54. The molecule has 5 nitrogen and oxygen atoms in total. The van der Waals surface area contributed by atoms with Gasteiger partial charge in [0, 0.05) is 29.6 Å². The van der Waals surface area contributed by atoms with Crippen LogP contribution in [0.15, 0.2) is 84.2 Å². The predicted octanol–water partition coefficient (Wildman–Crippen LogP) is 6.91. The normalized spacial score (nSPS) is 10.7. The number of aryl methyl sites for hydroxylation is 1. The smallest absolute Gasteiger partial charge is 0.305 e. The van der Waals surface area contributed by atoms with E-state index in [2.05, 4.69) is 53.6 Å². The zero-order valence-electron chi connectivity index (χ0n) is 20.9. The minimum absolute atomic E-state index is 0.196. The summed E-state index contributed by atoms with van der Waals surface area (Å²) in [5, 5.41) is 3.25. The van der Waals surface area contributed by atoms with Crippen molar-refractivity contribution in [2.75, 3.05) is 18.6 Å². The first-order valence-corrected chi connectivity index (χ1v) is 13.1. The first kappa shape index (κ1) is 25.5. The molecule has 0 spiro atoms. The van der Waals surface area contributed by atoms with Gasteiger partial charge in [0.25, 0.3) is 0 Å². The minimum atomic E-state index is -0.196. The van der Waals surface area contributed by atoms with E-state index in [0.717, 1.165) is 52.7 Å². The van der Waals surface area contributed by atoms with Crippen molar-refractivity contribution in [2.24, 2.45) is 0 Å². The first-order valence-electron chi connectivity index (χ1n) is 12.3. The zero-order chi connectivity index (χ0) is 25.2. The van der Waals surface area contributed by atoms with Gasteiger partial charge in [0.2, 0.25) is 0 Å². The van der Waals surface area contributed by atoms with Gasteiger partial charge in [-0.15, -0.1) is 11.3 Å². The number of ether oxygens (including phenoxy) is 2. The average molecular weight is 501 g/mol. The Bertz CT molecular complexity index is 1240. The van der Waals surface area contributed by atoms with Crippen LogP contribution >= 0.6 is 11.3 Å². The van der Waals surface area contributed by atoms with Crippen LogP contribution in [-0.4, -0.2) is 24.6 Å². The summed E-state index contributed by atoms with van der Waals surface area (Å²) in [5.41, 5.74) is 5.56. The second-order valence-electron chi connectivity index (χ2n) is 8.59. The lowest BCUT2D eigenvalue weighted by Gasteiger charge is -2.24. The summed E-state index contributed by atoms with van der Waals surface area (Å²) >= 11 is 1.71. The number of methoxy groups -OCH3 is 1. The van der Waals surface area contributed by atoms with E-state index in [0.29, 0.717) is 19.4 Å². The molecule has 36 heavy (non-hydrogen) atoms. The molecule has 1 heterocycles. The number of rotatable bonds is 12. The minimum Gasteiger partial charge on any atom is -0.489 e. The lowest BCUT2D eigenvalue weighted by Crippen LogP contribution is -2.23. The number of nitrogens with zero attached hydrogens (tertiary/aromatic N) is 2. The van der Waals surface area contributed by atoms with Gasteiger partial charge in [0.15, 0.2) is 0 Å². The third-order valence-corrected chi connectivity index (χ3v) is 6.72. The molecule has 3 aromatic carbocycles. The number of benzene rings is 3. The molecule has 0 aliphatic rings. The van der Waals surface area contributed by atoms with Crippen molar-refractivity contribution in [3.8, 4) is 17.0 Å². The highest BCUT2D eigenvalue weighted by molar-refractivity contribution is 7.10. The standard InChI is InChI=1S/C30H32N2O3S/c1-3-18-32(20-29-31-28(22-36-29)25-9-5-4-6-10-25)26-11-7-8-24(19-26)21-35-27-15-12-23(13-16-27)14-17-30(33)34-2/h4-13,15-16,19,22H,3,14,17-18,20-21H2,1-2H3. The lowest BCUT2D eigenvalue weighted by atomic mass is 10.1. The fourth-order valence-corrected chi connectivity index (χ4v) is 4.79. The van der Waals surface area contributed by atoms with Crippen LogP contribution in [0.4, 0.5) is 5.69 Å². The van der Waals surface area contributed by atoms with Crippen molar-refractivity contribution in [3.05, 3.63) is 100 Å². The molecule has 0 bridgehead atoms. The third-order valence-electron chi connectivity index (χ3n) is 5.89. The molecule has 0 fully saturated rings. The van der Waals surface area contributed by atoms with Gasteiger partial charge in [0.1, 0.15) is 17.4 Å². The first-order chi connectivity index (χ1) is 17.6. The van der Waals surface area contributed by atoms with Crippen molar-refractivity contribution < 1.29 is 14.3 Å². The molecule has 0 N–H and O–H groups in total. The van der Waals surface area contributed by atoms with Gasteiger partial charge in [0.05, 0.1) is 19.3 Å². The van der Waals surface area contributed by atoms with Crippen molar-refractivity contribution in [3.63, 3.8) is 0 Å². The quantitative estimate of drug-likeness (QED) is 0.198. The van der Waals surface area contributed by atoms with Crippen molar-refractivity contribution >= 4 is 23.0 Å². The SMILES string of the molecule is CCCN(Cc1nc(-c2ccccc2)cs1)c1cccc(COc2ccc(CCC(=O)OC)cc2)c1. The highest BCUT2D eigenvalue weighted by Crippen LogP contribution is 2.25. The number of carbonyl (C=O) groups is 1. The van der Waals surface area contributed by atoms with Crippen LogP contribution in [0.25, 0.3) is 11.3 Å². The van der Waals surface area contributed by atoms with E-state index in [1.807, 2.05) is 42.5 Å². The number of aromatic nitrogens is 1. The number of esters is 1. The summed E-state index contributed by atoms with van der Waals surface area (Å²) in [6.07, 6.45) is 2.10. The molecule has 1 aromatic heterocycles.